The zero-order valence-electron chi connectivity index (χ0n) is 15.7. The molecule has 0 unspecified atom stereocenters. The summed E-state index contributed by atoms with van der Waals surface area (Å²) in [7, 11) is 3.17. The van der Waals surface area contributed by atoms with Crippen LogP contribution in [0.3, 0.4) is 0 Å². The fraction of sp³-hybridized carbons (Fsp3) is 0.200. The zero-order valence-corrected chi connectivity index (χ0v) is 15.7. The van der Waals surface area contributed by atoms with Crippen molar-refractivity contribution in [3.05, 3.63) is 59.7 Å². The first-order chi connectivity index (χ1) is 13.6. The number of amides is 2. The molecule has 0 fully saturated rings. The first-order valence-electron chi connectivity index (χ1n) is 8.52. The molecule has 8 heteroatoms. The van der Waals surface area contributed by atoms with Crippen molar-refractivity contribution < 1.29 is 19.1 Å². The van der Waals surface area contributed by atoms with E-state index >= 15 is 0 Å². The molecule has 0 radical (unpaired) electrons. The van der Waals surface area contributed by atoms with Crippen LogP contribution in [0.25, 0.3) is 0 Å². The molecule has 0 aliphatic heterocycles. The van der Waals surface area contributed by atoms with Gasteiger partial charge in [-0.05, 0) is 59.7 Å². The largest absolute Gasteiger partial charge is 0.497 e. The number of hydrogen-bond donors (Lipinski definition) is 2. The Morgan fingerprint density at radius 1 is 0.750 bits per heavy atom. The fourth-order valence-corrected chi connectivity index (χ4v) is 2.08. The van der Waals surface area contributed by atoms with Crippen LogP contribution in [0, 0.1) is 0 Å². The van der Waals surface area contributed by atoms with E-state index in [-0.39, 0.29) is 24.7 Å². The lowest BCUT2D eigenvalue weighted by molar-refractivity contribution is -0.126. The lowest BCUT2D eigenvalue weighted by Crippen LogP contribution is -2.22. The minimum Gasteiger partial charge on any atom is -0.497 e. The van der Waals surface area contributed by atoms with E-state index in [2.05, 4.69) is 21.1 Å². The van der Waals surface area contributed by atoms with Crippen molar-refractivity contribution in [1.82, 2.24) is 10.9 Å². The topological polar surface area (TPSA) is 101 Å². The van der Waals surface area contributed by atoms with Gasteiger partial charge in [-0.15, -0.1) is 0 Å². The third kappa shape index (κ3) is 7.28. The Hall–Kier alpha value is -3.68. The van der Waals surface area contributed by atoms with Crippen LogP contribution >= 0.6 is 0 Å². The third-order valence-corrected chi connectivity index (χ3v) is 3.62. The minimum atomic E-state index is -0.362. The Labute approximate surface area is 163 Å². The molecule has 2 amide bonds. The van der Waals surface area contributed by atoms with Gasteiger partial charge >= 0.3 is 0 Å². The van der Waals surface area contributed by atoms with Gasteiger partial charge in [0.25, 0.3) is 0 Å². The Morgan fingerprint density at radius 3 is 1.43 bits per heavy atom. The second-order valence-electron chi connectivity index (χ2n) is 5.63. The molecule has 0 saturated heterocycles. The number of nitrogens with zero attached hydrogens (tertiary/aromatic N) is 2. The quantitative estimate of drug-likeness (QED) is 0.512. The van der Waals surface area contributed by atoms with Gasteiger partial charge in [-0.2, -0.15) is 10.2 Å². The summed E-state index contributed by atoms with van der Waals surface area (Å²) in [5.41, 5.74) is 6.38. The summed E-state index contributed by atoms with van der Waals surface area (Å²) in [6, 6.07) is 14.4. The molecular weight excluding hydrogens is 360 g/mol. The summed E-state index contributed by atoms with van der Waals surface area (Å²) in [5, 5.41) is 7.71. The van der Waals surface area contributed by atoms with Crippen LogP contribution < -0.4 is 20.3 Å². The Bertz CT molecular complexity index is 759. The first-order valence-corrected chi connectivity index (χ1v) is 8.52. The van der Waals surface area contributed by atoms with Gasteiger partial charge in [0.2, 0.25) is 11.8 Å². The van der Waals surface area contributed by atoms with Crippen molar-refractivity contribution in [3.8, 4) is 11.5 Å². The second-order valence-corrected chi connectivity index (χ2v) is 5.63. The number of ether oxygens (including phenoxy) is 2. The monoisotopic (exact) mass is 382 g/mol. The molecule has 0 aromatic heterocycles. The van der Waals surface area contributed by atoms with E-state index in [1.165, 1.54) is 12.4 Å². The highest BCUT2D eigenvalue weighted by molar-refractivity contribution is 5.86. The normalized spacial score (nSPS) is 10.8. The lowest BCUT2D eigenvalue weighted by atomic mass is 10.2. The van der Waals surface area contributed by atoms with E-state index in [0.717, 1.165) is 22.6 Å². The van der Waals surface area contributed by atoms with Crippen LogP contribution in [-0.2, 0) is 9.59 Å². The molecule has 0 aliphatic carbocycles. The molecule has 0 bridgehead atoms. The number of carbonyl (C=O) groups excluding carboxylic acids is 2. The van der Waals surface area contributed by atoms with E-state index < -0.39 is 0 Å². The molecular formula is C20H22N4O4. The summed E-state index contributed by atoms with van der Waals surface area (Å²) in [4.78, 5) is 23.4. The van der Waals surface area contributed by atoms with Crippen molar-refractivity contribution in [2.45, 2.75) is 12.8 Å². The van der Waals surface area contributed by atoms with Gasteiger partial charge in [0, 0.05) is 12.8 Å². The summed E-state index contributed by atoms with van der Waals surface area (Å²) < 4.78 is 10.1. The number of methoxy groups -OCH3 is 2. The zero-order chi connectivity index (χ0) is 20.2. The van der Waals surface area contributed by atoms with E-state index in [4.69, 9.17) is 9.47 Å². The van der Waals surface area contributed by atoms with Crippen molar-refractivity contribution in [2.75, 3.05) is 14.2 Å². The van der Waals surface area contributed by atoms with Gasteiger partial charge in [0.05, 0.1) is 26.6 Å². The SMILES string of the molecule is COc1ccc(/C=N/NC(=O)CCC(=O)N/N=C/c2ccc(OC)cc2)cc1. The van der Waals surface area contributed by atoms with E-state index in [9.17, 15) is 9.59 Å². The van der Waals surface area contributed by atoms with E-state index in [0.29, 0.717) is 0 Å². The molecule has 2 aromatic carbocycles. The molecule has 2 rings (SSSR count). The number of carbonyl (C=O) groups is 2. The minimum absolute atomic E-state index is 0.00381. The van der Waals surface area contributed by atoms with Gasteiger partial charge in [-0.1, -0.05) is 0 Å². The summed E-state index contributed by atoms with van der Waals surface area (Å²) in [6.45, 7) is 0. The Balaban J connectivity index is 1.67. The predicted molar refractivity (Wildman–Crippen MR) is 107 cm³/mol. The average Bonchev–Trinajstić information content (AvgIpc) is 2.73. The fourth-order valence-electron chi connectivity index (χ4n) is 2.08. The molecule has 0 heterocycles. The smallest absolute Gasteiger partial charge is 0.240 e. The molecule has 8 nitrogen and oxygen atoms in total. The number of benzene rings is 2. The predicted octanol–water partition coefficient (Wildman–Crippen LogP) is 2.08. The van der Waals surface area contributed by atoms with Gasteiger partial charge in [0.15, 0.2) is 0 Å². The van der Waals surface area contributed by atoms with Crippen molar-refractivity contribution in [3.63, 3.8) is 0 Å². The lowest BCUT2D eigenvalue weighted by Gasteiger charge is -2.01. The third-order valence-electron chi connectivity index (χ3n) is 3.62. The molecule has 0 aliphatic rings. The van der Waals surface area contributed by atoms with Crippen molar-refractivity contribution >= 4 is 24.2 Å². The number of nitrogens with one attached hydrogen (secondary N) is 2. The van der Waals surface area contributed by atoms with Crippen LogP contribution in [0.15, 0.2) is 58.7 Å². The maximum absolute atomic E-state index is 11.7. The molecule has 0 saturated carbocycles. The summed E-state index contributed by atoms with van der Waals surface area (Å²) >= 11 is 0. The Morgan fingerprint density at radius 2 is 1.11 bits per heavy atom. The van der Waals surface area contributed by atoms with Crippen molar-refractivity contribution in [1.29, 1.82) is 0 Å². The summed E-state index contributed by atoms with van der Waals surface area (Å²) in [6.07, 6.45) is 3.03. The number of rotatable bonds is 9. The van der Waals surface area contributed by atoms with E-state index in [1.807, 2.05) is 24.3 Å². The van der Waals surface area contributed by atoms with E-state index in [1.54, 1.807) is 38.5 Å². The van der Waals surface area contributed by atoms with Crippen LogP contribution in [0.2, 0.25) is 0 Å². The number of hydrogen-bond acceptors (Lipinski definition) is 6. The molecule has 2 N–H and O–H groups in total. The molecule has 2 aromatic rings. The van der Waals surface area contributed by atoms with Crippen LogP contribution in [0.4, 0.5) is 0 Å². The molecule has 0 atom stereocenters. The maximum atomic E-state index is 11.7. The highest BCUT2D eigenvalue weighted by Gasteiger charge is 2.05. The molecule has 146 valence electrons. The second kappa shape index (κ2) is 11.1. The highest BCUT2D eigenvalue weighted by atomic mass is 16.5. The maximum Gasteiger partial charge on any atom is 0.240 e. The molecule has 0 spiro atoms. The van der Waals surface area contributed by atoms with Gasteiger partial charge in [-0.25, -0.2) is 10.9 Å². The first kappa shape index (κ1) is 20.6. The standard InChI is InChI=1S/C20H22N4O4/c1-27-17-7-3-15(4-8-17)13-21-23-19(25)11-12-20(26)24-22-14-16-5-9-18(28-2)10-6-16/h3-10,13-14H,11-12H2,1-2H3,(H,23,25)(H,24,26)/b21-13+,22-14+. The van der Waals surface area contributed by atoms with Gasteiger partial charge < -0.3 is 9.47 Å². The van der Waals surface area contributed by atoms with Gasteiger partial charge in [0.1, 0.15) is 11.5 Å². The van der Waals surface area contributed by atoms with Crippen molar-refractivity contribution in [2.24, 2.45) is 10.2 Å². The van der Waals surface area contributed by atoms with Gasteiger partial charge in [-0.3, -0.25) is 9.59 Å². The summed E-state index contributed by atoms with van der Waals surface area (Å²) in [5.74, 6) is 0.752. The van der Waals surface area contributed by atoms with Crippen LogP contribution in [0.1, 0.15) is 24.0 Å². The molecule has 28 heavy (non-hydrogen) atoms. The average molecular weight is 382 g/mol. The Kier molecular flexibility index (Phi) is 8.19. The highest BCUT2D eigenvalue weighted by Crippen LogP contribution is 2.10. The van der Waals surface area contributed by atoms with Crippen LogP contribution in [0.5, 0.6) is 11.5 Å². The number of hydrazone groups is 2. The van der Waals surface area contributed by atoms with Crippen LogP contribution in [-0.4, -0.2) is 38.5 Å².